The topological polar surface area (TPSA) is 85.8 Å². The van der Waals surface area contributed by atoms with E-state index in [2.05, 4.69) is 43.8 Å². The van der Waals surface area contributed by atoms with Gasteiger partial charge in [0.05, 0.1) is 0 Å². The van der Waals surface area contributed by atoms with Crippen LogP contribution in [0.1, 0.15) is 45.1 Å². The number of carbonyl (C=O) groups excluding carboxylic acids is 1. The minimum atomic E-state index is -0.0383. The maximum atomic E-state index is 12.2. The molecule has 0 aromatic heterocycles. The zero-order chi connectivity index (χ0) is 20.1. The third-order valence-corrected chi connectivity index (χ3v) is 4.70. The molecule has 0 heterocycles. The Kier molecular flexibility index (Phi) is 15.5. The van der Waals surface area contributed by atoms with Crippen LogP contribution in [0.5, 0.6) is 0 Å². The van der Waals surface area contributed by atoms with Crippen LogP contribution in [0.4, 0.5) is 5.69 Å². The largest absolute Gasteiger partial charge is 0.396 e. The standard InChI is InChI=1S/C20H33BrN4O2.HI/c1-4-6-16(10-12-26)14-24-20(22-5-2)23-11-9-19(27)25-18-13-17(21)8-7-15(18)3;/h7-8,13,16,26H,4-6,9-12,14H2,1-3H3,(H,25,27)(H2,22,23,24);1H. The summed E-state index contributed by atoms with van der Waals surface area (Å²) in [7, 11) is 0. The van der Waals surface area contributed by atoms with Crippen molar-refractivity contribution >= 4 is 57.5 Å². The summed E-state index contributed by atoms with van der Waals surface area (Å²) < 4.78 is 0.938. The third kappa shape index (κ3) is 11.2. The summed E-state index contributed by atoms with van der Waals surface area (Å²) in [5.74, 6) is 1.06. The first kappa shape index (κ1) is 27.1. The SMILES string of the molecule is CCCC(CCO)CN=C(NCC)NCCC(=O)Nc1cc(Br)ccc1C.I. The third-order valence-electron chi connectivity index (χ3n) is 4.20. The van der Waals surface area contributed by atoms with Gasteiger partial charge in [0.25, 0.3) is 0 Å². The van der Waals surface area contributed by atoms with Crippen LogP contribution in [0.3, 0.4) is 0 Å². The average Bonchev–Trinajstić information content (AvgIpc) is 2.63. The van der Waals surface area contributed by atoms with Gasteiger partial charge in [-0.2, -0.15) is 0 Å². The molecule has 0 saturated carbocycles. The Morgan fingerprint density at radius 1 is 1.25 bits per heavy atom. The number of halogens is 2. The minimum Gasteiger partial charge on any atom is -0.396 e. The van der Waals surface area contributed by atoms with E-state index in [0.717, 1.165) is 41.5 Å². The number of guanidine groups is 1. The van der Waals surface area contributed by atoms with Crippen LogP contribution in [0.15, 0.2) is 27.7 Å². The zero-order valence-corrected chi connectivity index (χ0v) is 21.0. The number of rotatable bonds is 11. The Hall–Kier alpha value is -0.870. The fourth-order valence-corrected chi connectivity index (χ4v) is 3.08. The Bertz CT molecular complexity index is 608. The fraction of sp³-hybridized carbons (Fsp3) is 0.600. The monoisotopic (exact) mass is 568 g/mol. The van der Waals surface area contributed by atoms with Crippen molar-refractivity contribution in [3.8, 4) is 0 Å². The van der Waals surface area contributed by atoms with Crippen molar-refractivity contribution in [2.24, 2.45) is 10.9 Å². The lowest BCUT2D eigenvalue weighted by molar-refractivity contribution is -0.116. The molecule has 1 rings (SSSR count). The Labute approximate surface area is 194 Å². The first-order chi connectivity index (χ1) is 13.0. The molecule has 0 saturated heterocycles. The van der Waals surface area contributed by atoms with Crippen molar-refractivity contribution in [3.05, 3.63) is 28.2 Å². The molecule has 0 bridgehead atoms. The minimum absolute atomic E-state index is 0. The molecular weight excluding hydrogens is 535 g/mol. The molecule has 1 aromatic rings. The molecular formula is C20H34BrIN4O2. The van der Waals surface area contributed by atoms with E-state index in [1.54, 1.807) is 0 Å². The normalized spacial score (nSPS) is 12.1. The summed E-state index contributed by atoms with van der Waals surface area (Å²) in [6.45, 7) is 8.25. The van der Waals surface area contributed by atoms with Crippen molar-refractivity contribution in [1.29, 1.82) is 0 Å². The Morgan fingerprint density at radius 2 is 2.00 bits per heavy atom. The number of hydrogen-bond acceptors (Lipinski definition) is 3. The molecule has 1 aromatic carbocycles. The number of aryl methyl sites for hydroxylation is 1. The van der Waals surface area contributed by atoms with E-state index in [0.29, 0.717) is 31.4 Å². The highest BCUT2D eigenvalue weighted by atomic mass is 127. The molecule has 160 valence electrons. The van der Waals surface area contributed by atoms with E-state index in [1.165, 1.54) is 0 Å². The van der Waals surface area contributed by atoms with E-state index in [4.69, 9.17) is 5.11 Å². The lowest BCUT2D eigenvalue weighted by Crippen LogP contribution is -2.39. The smallest absolute Gasteiger partial charge is 0.226 e. The molecule has 0 aliphatic heterocycles. The maximum absolute atomic E-state index is 12.2. The second-order valence-corrected chi connectivity index (χ2v) is 7.49. The Balaban J connectivity index is 0.00000729. The molecule has 6 nitrogen and oxygen atoms in total. The van der Waals surface area contributed by atoms with Crippen LogP contribution in [-0.4, -0.2) is 43.2 Å². The van der Waals surface area contributed by atoms with Crippen molar-refractivity contribution < 1.29 is 9.90 Å². The van der Waals surface area contributed by atoms with Gasteiger partial charge in [0.15, 0.2) is 5.96 Å². The number of aliphatic hydroxyl groups is 1. The summed E-state index contributed by atoms with van der Waals surface area (Å²) in [4.78, 5) is 16.8. The molecule has 0 aliphatic carbocycles. The molecule has 0 radical (unpaired) electrons. The van der Waals surface area contributed by atoms with Gasteiger partial charge in [-0.1, -0.05) is 35.3 Å². The molecule has 8 heteroatoms. The molecule has 0 spiro atoms. The Morgan fingerprint density at radius 3 is 2.64 bits per heavy atom. The second kappa shape index (κ2) is 16.0. The maximum Gasteiger partial charge on any atom is 0.226 e. The van der Waals surface area contributed by atoms with Crippen LogP contribution < -0.4 is 16.0 Å². The molecule has 0 aliphatic rings. The van der Waals surface area contributed by atoms with Crippen LogP contribution in [-0.2, 0) is 4.79 Å². The number of hydrogen-bond donors (Lipinski definition) is 4. The number of benzene rings is 1. The average molecular weight is 569 g/mol. The lowest BCUT2D eigenvalue weighted by atomic mass is 10.0. The summed E-state index contributed by atoms with van der Waals surface area (Å²) in [5.41, 5.74) is 1.85. The highest BCUT2D eigenvalue weighted by molar-refractivity contribution is 14.0. The van der Waals surface area contributed by atoms with Gasteiger partial charge in [0.2, 0.25) is 5.91 Å². The van der Waals surface area contributed by atoms with E-state index >= 15 is 0 Å². The van der Waals surface area contributed by atoms with Crippen molar-refractivity contribution in [3.63, 3.8) is 0 Å². The molecule has 0 fully saturated rings. The predicted octanol–water partition coefficient (Wildman–Crippen LogP) is 4.06. The van der Waals surface area contributed by atoms with Crippen LogP contribution in [0, 0.1) is 12.8 Å². The number of aliphatic imine (C=N–C) groups is 1. The number of nitrogens with one attached hydrogen (secondary N) is 3. The van der Waals surface area contributed by atoms with Crippen LogP contribution in [0.2, 0.25) is 0 Å². The van der Waals surface area contributed by atoms with Crippen molar-refractivity contribution in [2.45, 2.75) is 46.5 Å². The lowest BCUT2D eigenvalue weighted by Gasteiger charge is -2.15. The van der Waals surface area contributed by atoms with Gasteiger partial charge < -0.3 is 21.1 Å². The highest BCUT2D eigenvalue weighted by Crippen LogP contribution is 2.20. The number of nitrogens with zero attached hydrogens (tertiary/aromatic N) is 1. The van der Waals surface area contributed by atoms with Crippen LogP contribution in [0.25, 0.3) is 0 Å². The number of amides is 1. The first-order valence-electron chi connectivity index (χ1n) is 9.69. The highest BCUT2D eigenvalue weighted by Gasteiger charge is 2.09. The quantitative estimate of drug-likeness (QED) is 0.184. The van der Waals surface area contributed by atoms with Crippen LogP contribution >= 0.6 is 39.9 Å². The summed E-state index contributed by atoms with van der Waals surface area (Å²) in [5, 5.41) is 18.5. The molecule has 28 heavy (non-hydrogen) atoms. The van der Waals surface area contributed by atoms with Gasteiger partial charge in [-0.25, -0.2) is 0 Å². The van der Waals surface area contributed by atoms with E-state index in [9.17, 15) is 4.79 Å². The van der Waals surface area contributed by atoms with Gasteiger partial charge in [0, 0.05) is 42.8 Å². The molecule has 1 unspecified atom stereocenters. The number of anilines is 1. The van der Waals surface area contributed by atoms with Gasteiger partial charge in [0.1, 0.15) is 0 Å². The van der Waals surface area contributed by atoms with Gasteiger partial charge >= 0.3 is 0 Å². The fourth-order valence-electron chi connectivity index (χ4n) is 2.72. The van der Waals surface area contributed by atoms with Crippen molar-refractivity contribution in [2.75, 3.05) is 31.6 Å². The number of aliphatic hydroxyl groups excluding tert-OH is 1. The second-order valence-electron chi connectivity index (χ2n) is 6.57. The zero-order valence-electron chi connectivity index (χ0n) is 17.1. The summed E-state index contributed by atoms with van der Waals surface area (Å²) >= 11 is 3.42. The van der Waals surface area contributed by atoms with Crippen molar-refractivity contribution in [1.82, 2.24) is 10.6 Å². The van der Waals surface area contributed by atoms with Gasteiger partial charge in [-0.3, -0.25) is 9.79 Å². The first-order valence-corrected chi connectivity index (χ1v) is 10.5. The van der Waals surface area contributed by atoms with Gasteiger partial charge in [-0.05, 0) is 50.3 Å². The summed E-state index contributed by atoms with van der Waals surface area (Å²) in [6.07, 6.45) is 3.26. The number of carbonyl (C=O) groups is 1. The van der Waals surface area contributed by atoms with E-state index < -0.39 is 0 Å². The molecule has 1 atom stereocenters. The van der Waals surface area contributed by atoms with E-state index in [1.807, 2.05) is 32.0 Å². The van der Waals surface area contributed by atoms with E-state index in [-0.39, 0.29) is 36.5 Å². The molecule has 4 N–H and O–H groups in total. The predicted molar refractivity (Wildman–Crippen MR) is 132 cm³/mol. The molecule has 1 amide bonds. The van der Waals surface area contributed by atoms with Gasteiger partial charge in [-0.15, -0.1) is 24.0 Å². The summed E-state index contributed by atoms with van der Waals surface area (Å²) in [6, 6.07) is 5.82.